The van der Waals surface area contributed by atoms with Crippen molar-refractivity contribution in [1.82, 2.24) is 9.80 Å². The molecule has 2 aromatic rings. The molecule has 1 aromatic carbocycles. The normalized spacial score (nSPS) is 21.2. The number of likely N-dealkylation sites (N-methyl/N-ethyl adjacent to an activating group) is 1. The molecular formula is C23H28N2O2S. The zero-order chi connectivity index (χ0) is 19.5. The van der Waals surface area contributed by atoms with Gasteiger partial charge in [-0.1, -0.05) is 43.2 Å². The minimum Gasteiger partial charge on any atom is -0.344 e. The van der Waals surface area contributed by atoms with Gasteiger partial charge in [-0.2, -0.15) is 0 Å². The van der Waals surface area contributed by atoms with Crippen molar-refractivity contribution >= 4 is 23.2 Å². The van der Waals surface area contributed by atoms with Gasteiger partial charge in [-0.05, 0) is 41.8 Å². The summed E-state index contributed by atoms with van der Waals surface area (Å²) in [6.07, 6.45) is 5.01. The van der Waals surface area contributed by atoms with Crippen LogP contribution in [-0.2, 0) is 16.0 Å². The first-order valence-electron chi connectivity index (χ1n) is 10.3. The Balaban J connectivity index is 1.47. The summed E-state index contributed by atoms with van der Waals surface area (Å²) in [5.41, 5.74) is 2.36. The fourth-order valence-electron chi connectivity index (χ4n) is 4.44. The molecule has 4 nitrogen and oxygen atoms in total. The van der Waals surface area contributed by atoms with Crippen molar-refractivity contribution in [3.8, 4) is 10.4 Å². The average Bonchev–Trinajstić information content (AvgIpc) is 3.41. The number of hydrogen-bond donors (Lipinski definition) is 0. The minimum absolute atomic E-state index is 0.157. The third kappa shape index (κ3) is 4.14. The average molecular weight is 397 g/mol. The predicted octanol–water partition coefficient (Wildman–Crippen LogP) is 4.06. The molecule has 5 heteroatoms. The number of nitrogens with zero attached hydrogens (tertiary/aromatic N) is 2. The maximum Gasteiger partial charge on any atom is 0.227 e. The Morgan fingerprint density at radius 1 is 1.11 bits per heavy atom. The molecule has 0 radical (unpaired) electrons. The van der Waals surface area contributed by atoms with Crippen LogP contribution in [0.4, 0.5) is 0 Å². The highest BCUT2D eigenvalue weighted by Crippen LogP contribution is 2.29. The summed E-state index contributed by atoms with van der Waals surface area (Å²) in [6.45, 7) is 1.84. The lowest BCUT2D eigenvalue weighted by Gasteiger charge is -2.26. The van der Waals surface area contributed by atoms with Gasteiger partial charge in [0.2, 0.25) is 11.8 Å². The van der Waals surface area contributed by atoms with E-state index in [0.29, 0.717) is 26.1 Å². The van der Waals surface area contributed by atoms with E-state index in [1.807, 2.05) is 11.9 Å². The summed E-state index contributed by atoms with van der Waals surface area (Å²) in [6, 6.07) is 12.7. The Labute approximate surface area is 171 Å². The third-order valence-corrected chi connectivity index (χ3v) is 7.05. The topological polar surface area (TPSA) is 40.6 Å². The molecule has 1 atom stereocenters. The van der Waals surface area contributed by atoms with Gasteiger partial charge in [-0.15, -0.1) is 11.3 Å². The summed E-state index contributed by atoms with van der Waals surface area (Å²) < 4.78 is 0. The molecule has 148 valence electrons. The van der Waals surface area contributed by atoms with Crippen molar-refractivity contribution in [1.29, 1.82) is 0 Å². The summed E-state index contributed by atoms with van der Waals surface area (Å²) >= 11 is 1.73. The van der Waals surface area contributed by atoms with Crippen molar-refractivity contribution in [3.05, 3.63) is 47.3 Å². The van der Waals surface area contributed by atoms with Gasteiger partial charge >= 0.3 is 0 Å². The minimum atomic E-state index is -0.162. The Hall–Kier alpha value is -2.14. The maximum atomic E-state index is 12.9. The molecule has 1 aliphatic carbocycles. The number of thiophene rings is 1. The molecule has 0 N–H and O–H groups in total. The van der Waals surface area contributed by atoms with Gasteiger partial charge in [0.25, 0.3) is 0 Å². The monoisotopic (exact) mass is 396 g/mol. The largest absolute Gasteiger partial charge is 0.344 e. The first-order valence-corrected chi connectivity index (χ1v) is 11.2. The molecule has 2 amide bonds. The number of hydrogen-bond acceptors (Lipinski definition) is 3. The SMILES string of the molecule is CN1CCN(C(=O)C2CCCC2)CC(Cc2ccc(-c3cccs3)cc2)C1=O. The second-order valence-electron chi connectivity index (χ2n) is 8.10. The molecule has 2 heterocycles. The lowest BCUT2D eigenvalue weighted by Crippen LogP contribution is -2.40. The van der Waals surface area contributed by atoms with Crippen molar-refractivity contribution in [3.63, 3.8) is 0 Å². The zero-order valence-corrected chi connectivity index (χ0v) is 17.3. The van der Waals surface area contributed by atoms with Gasteiger partial charge in [0.05, 0.1) is 5.92 Å². The van der Waals surface area contributed by atoms with E-state index in [1.54, 1.807) is 16.2 Å². The molecule has 0 bridgehead atoms. The third-order valence-electron chi connectivity index (χ3n) is 6.13. The Bertz CT molecular complexity index is 810. The zero-order valence-electron chi connectivity index (χ0n) is 16.5. The quantitative estimate of drug-likeness (QED) is 0.782. The maximum absolute atomic E-state index is 12.9. The van der Waals surface area contributed by atoms with Gasteiger partial charge < -0.3 is 9.80 Å². The van der Waals surface area contributed by atoms with Crippen molar-refractivity contribution in [2.75, 3.05) is 26.7 Å². The van der Waals surface area contributed by atoms with Crippen molar-refractivity contribution in [2.45, 2.75) is 32.1 Å². The van der Waals surface area contributed by atoms with Crippen LogP contribution in [-0.4, -0.2) is 48.3 Å². The fraction of sp³-hybridized carbons (Fsp3) is 0.478. The molecule has 2 fully saturated rings. The molecule has 1 saturated heterocycles. The highest BCUT2D eigenvalue weighted by molar-refractivity contribution is 7.13. The van der Waals surface area contributed by atoms with Crippen LogP contribution in [0.5, 0.6) is 0 Å². The number of amides is 2. The molecular weight excluding hydrogens is 368 g/mol. The fourth-order valence-corrected chi connectivity index (χ4v) is 5.18. The van der Waals surface area contributed by atoms with E-state index in [0.717, 1.165) is 31.2 Å². The van der Waals surface area contributed by atoms with Gasteiger partial charge in [0.15, 0.2) is 0 Å². The molecule has 1 saturated carbocycles. The van der Waals surface area contributed by atoms with Crippen LogP contribution >= 0.6 is 11.3 Å². The summed E-state index contributed by atoms with van der Waals surface area (Å²) in [5.74, 6) is 0.428. The number of benzene rings is 1. The van der Waals surface area contributed by atoms with E-state index in [1.165, 1.54) is 10.4 Å². The number of rotatable bonds is 4. The summed E-state index contributed by atoms with van der Waals surface area (Å²) in [4.78, 5) is 30.8. The van der Waals surface area contributed by atoms with Crippen LogP contribution in [0.2, 0.25) is 0 Å². The van der Waals surface area contributed by atoms with Gasteiger partial charge in [0.1, 0.15) is 0 Å². The number of carbonyl (C=O) groups is 2. The van der Waals surface area contributed by atoms with Crippen molar-refractivity contribution in [2.24, 2.45) is 11.8 Å². The molecule has 1 aromatic heterocycles. The predicted molar refractivity (Wildman–Crippen MR) is 113 cm³/mol. The van der Waals surface area contributed by atoms with Crippen LogP contribution in [0.3, 0.4) is 0 Å². The molecule has 2 aliphatic rings. The van der Waals surface area contributed by atoms with E-state index in [2.05, 4.69) is 41.8 Å². The van der Waals surface area contributed by atoms with Gasteiger partial charge in [-0.3, -0.25) is 9.59 Å². The van der Waals surface area contributed by atoms with E-state index in [4.69, 9.17) is 0 Å². The van der Waals surface area contributed by atoms with E-state index >= 15 is 0 Å². The van der Waals surface area contributed by atoms with Gasteiger partial charge in [0, 0.05) is 37.5 Å². The lowest BCUT2D eigenvalue weighted by molar-refractivity contribution is -0.136. The molecule has 0 spiro atoms. The summed E-state index contributed by atoms with van der Waals surface area (Å²) in [5, 5.41) is 2.08. The standard InChI is InChI=1S/C23H28N2O2S/c1-24-12-13-25(23(27)19-5-2-3-6-19)16-20(22(24)26)15-17-8-10-18(11-9-17)21-7-4-14-28-21/h4,7-11,14,19-20H,2-3,5-6,12-13,15-16H2,1H3. The molecule has 1 unspecified atom stereocenters. The first-order chi connectivity index (χ1) is 13.6. The smallest absolute Gasteiger partial charge is 0.227 e. The van der Waals surface area contributed by atoms with E-state index in [9.17, 15) is 9.59 Å². The Kier molecular flexibility index (Phi) is 5.81. The molecule has 4 rings (SSSR count). The lowest BCUT2D eigenvalue weighted by atomic mass is 9.96. The van der Waals surface area contributed by atoms with E-state index < -0.39 is 0 Å². The van der Waals surface area contributed by atoms with Crippen LogP contribution in [0.25, 0.3) is 10.4 Å². The summed E-state index contributed by atoms with van der Waals surface area (Å²) in [7, 11) is 1.86. The van der Waals surface area contributed by atoms with Crippen molar-refractivity contribution < 1.29 is 9.59 Å². The molecule has 1 aliphatic heterocycles. The van der Waals surface area contributed by atoms with E-state index in [-0.39, 0.29) is 23.7 Å². The first kappa shape index (κ1) is 19.2. The van der Waals surface area contributed by atoms with Crippen LogP contribution in [0.1, 0.15) is 31.2 Å². The van der Waals surface area contributed by atoms with Gasteiger partial charge in [-0.25, -0.2) is 0 Å². The Morgan fingerprint density at radius 2 is 1.86 bits per heavy atom. The van der Waals surface area contributed by atoms with Crippen LogP contribution in [0, 0.1) is 11.8 Å². The van der Waals surface area contributed by atoms with Crippen LogP contribution in [0.15, 0.2) is 41.8 Å². The van der Waals surface area contributed by atoms with Crippen LogP contribution < -0.4 is 0 Å². The second-order valence-corrected chi connectivity index (χ2v) is 9.05. The number of carbonyl (C=O) groups excluding carboxylic acids is 2. The Morgan fingerprint density at radius 3 is 2.54 bits per heavy atom. The second kappa shape index (κ2) is 8.48. The highest BCUT2D eigenvalue weighted by atomic mass is 32.1. The molecule has 28 heavy (non-hydrogen) atoms. The highest BCUT2D eigenvalue weighted by Gasteiger charge is 2.34.